The Labute approximate surface area is 136 Å². The van der Waals surface area contributed by atoms with E-state index in [9.17, 15) is 0 Å². The SMILES string of the molecule is CCCNC(CCOCCOC)c1c(Br)cnn1C(C)C. The number of hydrogen-bond donors (Lipinski definition) is 1. The van der Waals surface area contributed by atoms with Gasteiger partial charge in [0.2, 0.25) is 0 Å². The molecule has 1 aromatic heterocycles. The minimum Gasteiger partial charge on any atom is -0.382 e. The number of ether oxygens (including phenoxy) is 2. The lowest BCUT2D eigenvalue weighted by molar-refractivity contribution is 0.0653. The summed E-state index contributed by atoms with van der Waals surface area (Å²) >= 11 is 3.63. The first-order chi connectivity index (χ1) is 10.1. The van der Waals surface area contributed by atoms with E-state index in [1.165, 1.54) is 5.69 Å². The Bertz CT molecular complexity index is 396. The molecule has 0 saturated heterocycles. The molecule has 0 aliphatic heterocycles. The zero-order valence-corrected chi connectivity index (χ0v) is 15.1. The first kappa shape index (κ1) is 18.6. The summed E-state index contributed by atoms with van der Waals surface area (Å²) in [6.07, 6.45) is 3.90. The van der Waals surface area contributed by atoms with Crippen LogP contribution in [0, 0.1) is 0 Å². The third-order valence-electron chi connectivity index (χ3n) is 3.23. The molecule has 0 aromatic carbocycles. The number of methoxy groups -OCH3 is 1. The highest BCUT2D eigenvalue weighted by molar-refractivity contribution is 9.10. The molecule has 0 fully saturated rings. The average Bonchev–Trinajstić information content (AvgIpc) is 2.84. The van der Waals surface area contributed by atoms with Gasteiger partial charge in [-0.3, -0.25) is 4.68 Å². The fraction of sp³-hybridized carbons (Fsp3) is 0.800. The quantitative estimate of drug-likeness (QED) is 0.614. The molecule has 1 aromatic rings. The molecule has 1 rings (SSSR count). The van der Waals surface area contributed by atoms with E-state index in [1.54, 1.807) is 7.11 Å². The summed E-state index contributed by atoms with van der Waals surface area (Å²) in [6.45, 7) is 9.44. The van der Waals surface area contributed by atoms with Gasteiger partial charge in [-0.05, 0) is 49.2 Å². The lowest BCUT2D eigenvalue weighted by atomic mass is 10.1. The number of rotatable bonds is 11. The van der Waals surface area contributed by atoms with E-state index < -0.39 is 0 Å². The number of nitrogens with one attached hydrogen (secondary N) is 1. The first-order valence-corrected chi connectivity index (χ1v) is 8.44. The van der Waals surface area contributed by atoms with Crippen molar-refractivity contribution in [1.29, 1.82) is 0 Å². The molecule has 1 N–H and O–H groups in total. The van der Waals surface area contributed by atoms with Crippen molar-refractivity contribution in [3.05, 3.63) is 16.4 Å². The van der Waals surface area contributed by atoms with Gasteiger partial charge in [0.15, 0.2) is 0 Å². The third-order valence-corrected chi connectivity index (χ3v) is 3.84. The van der Waals surface area contributed by atoms with Gasteiger partial charge in [-0.25, -0.2) is 0 Å². The van der Waals surface area contributed by atoms with Crippen molar-refractivity contribution >= 4 is 15.9 Å². The molecule has 122 valence electrons. The molecule has 1 atom stereocenters. The van der Waals surface area contributed by atoms with Gasteiger partial charge < -0.3 is 14.8 Å². The van der Waals surface area contributed by atoms with Crippen molar-refractivity contribution in [2.45, 2.75) is 45.7 Å². The normalized spacial score (nSPS) is 13.0. The minimum atomic E-state index is 0.242. The number of hydrogen-bond acceptors (Lipinski definition) is 4. The van der Waals surface area contributed by atoms with Crippen LogP contribution < -0.4 is 5.32 Å². The van der Waals surface area contributed by atoms with Crippen LogP contribution >= 0.6 is 15.9 Å². The monoisotopic (exact) mass is 361 g/mol. The summed E-state index contributed by atoms with van der Waals surface area (Å²) in [7, 11) is 1.69. The zero-order valence-electron chi connectivity index (χ0n) is 13.6. The second-order valence-electron chi connectivity index (χ2n) is 5.32. The smallest absolute Gasteiger partial charge is 0.0700 e. The summed E-state index contributed by atoms with van der Waals surface area (Å²) in [4.78, 5) is 0. The molecular formula is C15H28BrN3O2. The van der Waals surface area contributed by atoms with Crippen LogP contribution in [0.4, 0.5) is 0 Å². The maximum absolute atomic E-state index is 5.61. The number of nitrogens with zero attached hydrogens (tertiary/aromatic N) is 2. The van der Waals surface area contributed by atoms with Gasteiger partial charge in [-0.1, -0.05) is 6.92 Å². The highest BCUT2D eigenvalue weighted by atomic mass is 79.9. The van der Waals surface area contributed by atoms with Crippen LogP contribution in [0.3, 0.4) is 0 Å². The van der Waals surface area contributed by atoms with Crippen LogP contribution in [-0.2, 0) is 9.47 Å². The van der Waals surface area contributed by atoms with Crippen molar-refractivity contribution in [3.63, 3.8) is 0 Å². The van der Waals surface area contributed by atoms with Gasteiger partial charge in [0.1, 0.15) is 0 Å². The second-order valence-corrected chi connectivity index (χ2v) is 6.17. The maximum Gasteiger partial charge on any atom is 0.0700 e. The van der Waals surface area contributed by atoms with E-state index in [0.717, 1.165) is 23.9 Å². The fourth-order valence-corrected chi connectivity index (χ4v) is 2.74. The molecule has 21 heavy (non-hydrogen) atoms. The Hall–Kier alpha value is -0.430. The van der Waals surface area contributed by atoms with Gasteiger partial charge in [0.05, 0.1) is 35.6 Å². The Morgan fingerprint density at radius 1 is 1.33 bits per heavy atom. The molecular weight excluding hydrogens is 334 g/mol. The molecule has 5 nitrogen and oxygen atoms in total. The highest BCUT2D eigenvalue weighted by Crippen LogP contribution is 2.28. The van der Waals surface area contributed by atoms with Crippen LogP contribution in [0.5, 0.6) is 0 Å². The Morgan fingerprint density at radius 2 is 2.10 bits per heavy atom. The molecule has 0 radical (unpaired) electrons. The summed E-state index contributed by atoms with van der Waals surface area (Å²) in [5, 5.41) is 8.07. The van der Waals surface area contributed by atoms with Crippen LogP contribution in [0.25, 0.3) is 0 Å². The molecule has 0 amide bonds. The van der Waals surface area contributed by atoms with Crippen molar-refractivity contribution in [1.82, 2.24) is 15.1 Å². The largest absolute Gasteiger partial charge is 0.382 e. The molecule has 1 heterocycles. The predicted octanol–water partition coefficient (Wildman–Crippen LogP) is 3.32. The van der Waals surface area contributed by atoms with Gasteiger partial charge in [-0.15, -0.1) is 0 Å². The lowest BCUT2D eigenvalue weighted by Gasteiger charge is -2.22. The van der Waals surface area contributed by atoms with Crippen LogP contribution in [0.1, 0.15) is 51.4 Å². The van der Waals surface area contributed by atoms with E-state index in [2.05, 4.69) is 51.8 Å². The standard InChI is InChI=1S/C15H28BrN3O2/c1-5-7-17-14(6-8-21-10-9-20-4)15-13(16)11-18-19(15)12(2)3/h11-12,14,17H,5-10H2,1-4H3. The van der Waals surface area contributed by atoms with Crippen molar-refractivity contribution < 1.29 is 9.47 Å². The minimum absolute atomic E-state index is 0.242. The van der Waals surface area contributed by atoms with E-state index in [-0.39, 0.29) is 6.04 Å². The summed E-state index contributed by atoms with van der Waals surface area (Å²) < 4.78 is 13.7. The number of halogens is 1. The molecule has 0 aliphatic rings. The maximum atomic E-state index is 5.61. The molecule has 0 spiro atoms. The second kappa shape index (κ2) is 10.3. The van der Waals surface area contributed by atoms with E-state index in [0.29, 0.717) is 25.9 Å². The Kier molecular flexibility index (Phi) is 9.15. The van der Waals surface area contributed by atoms with E-state index in [1.807, 2.05) is 6.20 Å². The van der Waals surface area contributed by atoms with Gasteiger partial charge >= 0.3 is 0 Å². The Balaban J connectivity index is 2.70. The zero-order chi connectivity index (χ0) is 15.7. The molecule has 0 aliphatic carbocycles. The lowest BCUT2D eigenvalue weighted by Crippen LogP contribution is -2.27. The first-order valence-electron chi connectivity index (χ1n) is 7.64. The summed E-state index contributed by atoms with van der Waals surface area (Å²) in [5.41, 5.74) is 1.20. The van der Waals surface area contributed by atoms with E-state index in [4.69, 9.17) is 9.47 Å². The van der Waals surface area contributed by atoms with Crippen LogP contribution in [-0.4, -0.2) is 43.3 Å². The molecule has 6 heteroatoms. The van der Waals surface area contributed by atoms with E-state index >= 15 is 0 Å². The molecule has 1 unspecified atom stereocenters. The third kappa shape index (κ3) is 6.06. The number of aromatic nitrogens is 2. The van der Waals surface area contributed by atoms with Crippen molar-refractivity contribution in [3.8, 4) is 0 Å². The van der Waals surface area contributed by atoms with Crippen LogP contribution in [0.15, 0.2) is 10.7 Å². The van der Waals surface area contributed by atoms with Gasteiger partial charge in [0, 0.05) is 19.8 Å². The van der Waals surface area contributed by atoms with Crippen molar-refractivity contribution in [2.75, 3.05) is 33.5 Å². The van der Waals surface area contributed by atoms with Gasteiger partial charge in [0.25, 0.3) is 0 Å². The predicted molar refractivity (Wildman–Crippen MR) is 88.7 cm³/mol. The highest BCUT2D eigenvalue weighted by Gasteiger charge is 2.20. The molecule has 0 saturated carbocycles. The van der Waals surface area contributed by atoms with Crippen LogP contribution in [0.2, 0.25) is 0 Å². The Morgan fingerprint density at radius 3 is 2.71 bits per heavy atom. The summed E-state index contributed by atoms with van der Waals surface area (Å²) in [6, 6.07) is 0.582. The topological polar surface area (TPSA) is 48.3 Å². The van der Waals surface area contributed by atoms with Crippen molar-refractivity contribution in [2.24, 2.45) is 0 Å². The van der Waals surface area contributed by atoms with Gasteiger partial charge in [-0.2, -0.15) is 5.10 Å². The fourth-order valence-electron chi connectivity index (χ4n) is 2.19. The summed E-state index contributed by atoms with van der Waals surface area (Å²) in [5.74, 6) is 0. The molecule has 0 bridgehead atoms. The average molecular weight is 362 g/mol.